The molecule has 2 saturated heterocycles. The number of fused-ring (bicyclic) bond motifs is 1. The van der Waals surface area contributed by atoms with Crippen molar-refractivity contribution in [1.29, 1.82) is 0 Å². The molecule has 3 heterocycles. The van der Waals surface area contributed by atoms with E-state index in [1.54, 1.807) is 23.1 Å². The van der Waals surface area contributed by atoms with Gasteiger partial charge in [-0.2, -0.15) is 11.8 Å². The van der Waals surface area contributed by atoms with Crippen molar-refractivity contribution < 1.29 is 4.79 Å². The number of hydrogen-bond acceptors (Lipinski definition) is 6. The fourth-order valence-electron chi connectivity index (χ4n) is 3.69. The maximum Gasteiger partial charge on any atom is 0.233 e. The Morgan fingerprint density at radius 3 is 2.88 bits per heavy atom. The van der Waals surface area contributed by atoms with Gasteiger partial charge in [-0.05, 0) is 50.2 Å². The standard InChI is InChI=1S/C19H25N3OS3/c23-18(14-25-19-20-16-6-1-2-7-17(16)26-19)22-10-5-11-24-13-15(22)12-21-8-3-4-9-21/h1-2,6-7,15H,3-5,8-14H2. The average molecular weight is 408 g/mol. The number of carbonyl (C=O) groups excluding carboxylic acids is 1. The number of para-hydroxylation sites is 1. The van der Waals surface area contributed by atoms with Gasteiger partial charge in [-0.3, -0.25) is 4.79 Å². The topological polar surface area (TPSA) is 36.4 Å². The number of benzene rings is 1. The zero-order chi connectivity index (χ0) is 17.8. The number of amides is 1. The fourth-order valence-corrected chi connectivity index (χ4v) is 6.70. The van der Waals surface area contributed by atoms with Gasteiger partial charge in [0.1, 0.15) is 0 Å². The van der Waals surface area contributed by atoms with Crippen LogP contribution in [0.3, 0.4) is 0 Å². The molecule has 7 heteroatoms. The fraction of sp³-hybridized carbons (Fsp3) is 0.579. The molecule has 0 saturated carbocycles. The van der Waals surface area contributed by atoms with Crippen LogP contribution in [0.4, 0.5) is 0 Å². The predicted molar refractivity (Wildman–Crippen MR) is 113 cm³/mol. The maximum atomic E-state index is 13.0. The Morgan fingerprint density at radius 2 is 2.04 bits per heavy atom. The summed E-state index contributed by atoms with van der Waals surface area (Å²) in [6.45, 7) is 4.35. The highest BCUT2D eigenvalue weighted by molar-refractivity contribution is 8.01. The summed E-state index contributed by atoms with van der Waals surface area (Å²) in [6, 6.07) is 8.55. The zero-order valence-corrected chi connectivity index (χ0v) is 17.4. The monoisotopic (exact) mass is 407 g/mol. The van der Waals surface area contributed by atoms with E-state index in [2.05, 4.69) is 20.9 Å². The number of thiazole rings is 1. The number of rotatable bonds is 5. The lowest BCUT2D eigenvalue weighted by Gasteiger charge is -2.32. The van der Waals surface area contributed by atoms with Crippen LogP contribution >= 0.6 is 34.9 Å². The van der Waals surface area contributed by atoms with Crippen LogP contribution in [0.25, 0.3) is 10.2 Å². The summed E-state index contributed by atoms with van der Waals surface area (Å²) in [4.78, 5) is 22.3. The normalized spacial score (nSPS) is 22.0. The number of likely N-dealkylation sites (tertiary alicyclic amines) is 1. The predicted octanol–water partition coefficient (Wildman–Crippen LogP) is 3.82. The van der Waals surface area contributed by atoms with Crippen LogP contribution in [-0.4, -0.2) is 70.2 Å². The van der Waals surface area contributed by atoms with E-state index in [1.807, 2.05) is 30.0 Å². The molecule has 2 aliphatic rings. The molecule has 4 nitrogen and oxygen atoms in total. The van der Waals surface area contributed by atoms with E-state index in [-0.39, 0.29) is 5.91 Å². The van der Waals surface area contributed by atoms with E-state index in [0.29, 0.717) is 11.8 Å². The van der Waals surface area contributed by atoms with E-state index in [1.165, 1.54) is 36.4 Å². The van der Waals surface area contributed by atoms with E-state index >= 15 is 0 Å². The molecule has 2 fully saturated rings. The molecule has 0 bridgehead atoms. The lowest BCUT2D eigenvalue weighted by Crippen LogP contribution is -2.48. The molecule has 2 aromatic rings. The van der Waals surface area contributed by atoms with E-state index in [9.17, 15) is 4.79 Å². The first kappa shape index (κ1) is 18.6. The van der Waals surface area contributed by atoms with Crippen molar-refractivity contribution in [2.75, 3.05) is 43.4 Å². The summed E-state index contributed by atoms with van der Waals surface area (Å²) < 4.78 is 2.19. The van der Waals surface area contributed by atoms with Crippen molar-refractivity contribution in [2.45, 2.75) is 29.6 Å². The lowest BCUT2D eigenvalue weighted by atomic mass is 10.2. The molecular formula is C19H25N3OS3. The van der Waals surface area contributed by atoms with Gasteiger partial charge in [0.2, 0.25) is 5.91 Å². The van der Waals surface area contributed by atoms with Crippen LogP contribution < -0.4 is 0 Å². The Hall–Kier alpha value is -0.760. The van der Waals surface area contributed by atoms with Gasteiger partial charge < -0.3 is 9.80 Å². The third-order valence-electron chi connectivity index (χ3n) is 5.02. The quantitative estimate of drug-likeness (QED) is 0.704. The van der Waals surface area contributed by atoms with Crippen molar-refractivity contribution in [3.63, 3.8) is 0 Å². The molecule has 26 heavy (non-hydrogen) atoms. The highest BCUT2D eigenvalue weighted by Gasteiger charge is 2.28. The third kappa shape index (κ3) is 4.55. The third-order valence-corrected chi connectivity index (χ3v) is 8.38. The Morgan fingerprint density at radius 1 is 1.19 bits per heavy atom. The Kier molecular flexibility index (Phi) is 6.40. The average Bonchev–Trinajstić information content (AvgIpc) is 3.25. The number of thioether (sulfide) groups is 2. The van der Waals surface area contributed by atoms with Gasteiger partial charge in [0.25, 0.3) is 0 Å². The number of hydrogen-bond donors (Lipinski definition) is 0. The number of nitrogens with zero attached hydrogens (tertiary/aromatic N) is 3. The van der Waals surface area contributed by atoms with E-state index in [4.69, 9.17) is 0 Å². The van der Waals surface area contributed by atoms with Crippen LogP contribution in [0.15, 0.2) is 28.6 Å². The Labute approximate surface area is 167 Å². The van der Waals surface area contributed by atoms with Gasteiger partial charge in [0, 0.05) is 18.8 Å². The zero-order valence-electron chi connectivity index (χ0n) is 14.9. The summed E-state index contributed by atoms with van der Waals surface area (Å²) in [6.07, 6.45) is 3.72. The summed E-state index contributed by atoms with van der Waals surface area (Å²) in [5, 5.41) is 0. The largest absolute Gasteiger partial charge is 0.337 e. The van der Waals surface area contributed by atoms with Gasteiger partial charge in [-0.1, -0.05) is 23.9 Å². The molecule has 1 atom stereocenters. The number of carbonyl (C=O) groups is 1. The number of aromatic nitrogens is 1. The van der Waals surface area contributed by atoms with Gasteiger partial charge in [0.05, 0.1) is 22.0 Å². The highest BCUT2D eigenvalue weighted by atomic mass is 32.2. The minimum absolute atomic E-state index is 0.279. The molecule has 0 radical (unpaired) electrons. The van der Waals surface area contributed by atoms with Crippen LogP contribution in [0.1, 0.15) is 19.3 Å². The Balaban J connectivity index is 1.38. The van der Waals surface area contributed by atoms with Gasteiger partial charge >= 0.3 is 0 Å². The molecule has 1 amide bonds. The second-order valence-electron chi connectivity index (χ2n) is 6.91. The molecular weight excluding hydrogens is 382 g/mol. The summed E-state index contributed by atoms with van der Waals surface area (Å²) in [7, 11) is 0. The van der Waals surface area contributed by atoms with Crippen LogP contribution in [0, 0.1) is 0 Å². The second-order valence-corrected chi connectivity index (χ2v) is 10.3. The van der Waals surface area contributed by atoms with Crippen LogP contribution in [0.2, 0.25) is 0 Å². The van der Waals surface area contributed by atoms with Gasteiger partial charge in [-0.25, -0.2) is 4.98 Å². The molecule has 0 spiro atoms. The first-order chi connectivity index (χ1) is 12.8. The minimum atomic E-state index is 0.279. The first-order valence-corrected chi connectivity index (χ1v) is 12.3. The van der Waals surface area contributed by atoms with Crippen molar-refractivity contribution in [3.8, 4) is 0 Å². The van der Waals surface area contributed by atoms with Gasteiger partial charge in [0.15, 0.2) is 4.34 Å². The summed E-state index contributed by atoms with van der Waals surface area (Å²) in [5.41, 5.74) is 1.03. The molecule has 0 aliphatic carbocycles. The first-order valence-electron chi connectivity index (χ1n) is 9.37. The van der Waals surface area contributed by atoms with Gasteiger partial charge in [-0.15, -0.1) is 11.3 Å². The SMILES string of the molecule is O=C(CSc1nc2ccccc2s1)N1CCCSCC1CN1CCCC1. The molecule has 0 N–H and O–H groups in total. The van der Waals surface area contributed by atoms with Crippen LogP contribution in [-0.2, 0) is 4.79 Å². The van der Waals surface area contributed by atoms with Crippen molar-refractivity contribution in [1.82, 2.24) is 14.8 Å². The Bertz CT molecular complexity index is 711. The molecule has 4 rings (SSSR count). The smallest absolute Gasteiger partial charge is 0.233 e. The molecule has 140 valence electrons. The summed E-state index contributed by atoms with van der Waals surface area (Å²) in [5.74, 6) is 3.03. The van der Waals surface area contributed by atoms with E-state index in [0.717, 1.165) is 35.1 Å². The highest BCUT2D eigenvalue weighted by Crippen LogP contribution is 2.30. The van der Waals surface area contributed by atoms with E-state index < -0.39 is 0 Å². The van der Waals surface area contributed by atoms with Crippen molar-refractivity contribution in [3.05, 3.63) is 24.3 Å². The van der Waals surface area contributed by atoms with Crippen molar-refractivity contribution >= 4 is 51.0 Å². The molecule has 1 aromatic heterocycles. The lowest BCUT2D eigenvalue weighted by molar-refractivity contribution is -0.130. The minimum Gasteiger partial charge on any atom is -0.337 e. The second kappa shape index (κ2) is 8.95. The van der Waals surface area contributed by atoms with Crippen molar-refractivity contribution in [2.24, 2.45) is 0 Å². The maximum absolute atomic E-state index is 13.0. The molecule has 2 aliphatic heterocycles. The molecule has 1 aromatic carbocycles. The van der Waals surface area contributed by atoms with Crippen LogP contribution in [0.5, 0.6) is 0 Å². The summed E-state index contributed by atoms with van der Waals surface area (Å²) >= 11 is 5.29. The molecule has 1 unspecified atom stereocenters.